The molecule has 0 saturated carbocycles. The summed E-state index contributed by atoms with van der Waals surface area (Å²) in [5, 5.41) is 7.18. The van der Waals surface area contributed by atoms with Crippen LogP contribution in [0.3, 0.4) is 0 Å². The predicted octanol–water partition coefficient (Wildman–Crippen LogP) is 7.06. The molecule has 0 saturated heterocycles. The van der Waals surface area contributed by atoms with Gasteiger partial charge in [-0.2, -0.15) is 0 Å². The van der Waals surface area contributed by atoms with E-state index in [0.717, 1.165) is 49.5 Å². The quantitative estimate of drug-likeness (QED) is 0.124. The molecule has 0 atom stereocenters. The number of Topliss-reactive ketones (excluding diaryl/α,β-unsaturated/α-hetero) is 1. The monoisotopic (exact) mass is 400 g/mol. The molecule has 0 amide bonds. The Bertz CT molecular complexity index is 1160. The van der Waals surface area contributed by atoms with Gasteiger partial charge in [-0.1, -0.05) is 80.3 Å². The number of ether oxygens (including phenoxy) is 1. The Hall–Kier alpha value is -2.94. The van der Waals surface area contributed by atoms with E-state index < -0.39 is 0 Å². The second-order valence-electron chi connectivity index (χ2n) is 8.09. The molecule has 0 aliphatic heterocycles. The fourth-order valence-electron chi connectivity index (χ4n) is 4.48. The third kappa shape index (κ3) is 4.16. The van der Waals surface area contributed by atoms with Gasteiger partial charge in [0.2, 0.25) is 0 Å². The van der Waals surface area contributed by atoms with Gasteiger partial charge >= 0.3 is 5.97 Å². The summed E-state index contributed by atoms with van der Waals surface area (Å²) in [5.74, 6) is 0.104. The van der Waals surface area contributed by atoms with E-state index in [1.165, 1.54) is 34.0 Å². The van der Waals surface area contributed by atoms with Crippen LogP contribution in [-0.4, -0.2) is 18.9 Å². The highest BCUT2D eigenvalue weighted by Gasteiger charge is 2.14. The normalized spacial score (nSPS) is 11.5. The number of hydrogen-bond acceptors (Lipinski definition) is 3. The lowest BCUT2D eigenvalue weighted by atomic mass is 9.90. The van der Waals surface area contributed by atoms with Crippen molar-refractivity contribution in [3.8, 4) is 0 Å². The largest absolute Gasteiger partial charge is 0.469 e. The van der Waals surface area contributed by atoms with E-state index in [2.05, 4.69) is 53.3 Å². The van der Waals surface area contributed by atoms with Crippen molar-refractivity contribution in [2.75, 3.05) is 7.11 Å². The Morgan fingerprint density at radius 2 is 1.23 bits per heavy atom. The molecule has 0 aliphatic carbocycles. The minimum Gasteiger partial charge on any atom is -0.469 e. The molecule has 4 aromatic carbocycles. The minimum absolute atomic E-state index is 0.131. The Labute approximate surface area is 177 Å². The molecule has 0 bridgehead atoms. The Morgan fingerprint density at radius 1 is 0.667 bits per heavy atom. The van der Waals surface area contributed by atoms with Crippen LogP contribution in [0.5, 0.6) is 0 Å². The van der Waals surface area contributed by atoms with Gasteiger partial charge in [-0.05, 0) is 45.2 Å². The Morgan fingerprint density at radius 3 is 1.93 bits per heavy atom. The Kier molecular flexibility index (Phi) is 6.27. The van der Waals surface area contributed by atoms with Gasteiger partial charge in [0.15, 0.2) is 5.78 Å². The molecule has 154 valence electrons. The van der Waals surface area contributed by atoms with E-state index >= 15 is 0 Å². The SMILES string of the molecule is COC(=O)CCCCCCCCC(=O)c1ccc2ccc3cccc4ccc1c2c34. The first-order valence-electron chi connectivity index (χ1n) is 11.0. The zero-order valence-corrected chi connectivity index (χ0v) is 17.6. The number of hydrogen-bond donors (Lipinski definition) is 0. The van der Waals surface area contributed by atoms with Crippen LogP contribution in [0.25, 0.3) is 32.3 Å². The summed E-state index contributed by atoms with van der Waals surface area (Å²) < 4.78 is 4.66. The van der Waals surface area contributed by atoms with Crippen molar-refractivity contribution in [2.24, 2.45) is 0 Å². The molecule has 0 N–H and O–H groups in total. The van der Waals surface area contributed by atoms with Crippen molar-refractivity contribution < 1.29 is 14.3 Å². The average molecular weight is 401 g/mol. The molecule has 3 heteroatoms. The van der Waals surface area contributed by atoms with Crippen molar-refractivity contribution in [1.82, 2.24) is 0 Å². The molecule has 0 fully saturated rings. The van der Waals surface area contributed by atoms with Gasteiger partial charge in [-0.3, -0.25) is 9.59 Å². The van der Waals surface area contributed by atoms with E-state index in [-0.39, 0.29) is 11.8 Å². The molecule has 4 aromatic rings. The van der Waals surface area contributed by atoms with E-state index in [1.807, 2.05) is 6.07 Å². The number of ketones is 1. The number of carbonyl (C=O) groups excluding carboxylic acids is 2. The van der Waals surface area contributed by atoms with E-state index in [4.69, 9.17) is 0 Å². The predicted molar refractivity (Wildman–Crippen MR) is 123 cm³/mol. The summed E-state index contributed by atoms with van der Waals surface area (Å²) in [4.78, 5) is 24.1. The van der Waals surface area contributed by atoms with E-state index in [9.17, 15) is 9.59 Å². The molecule has 4 rings (SSSR count). The first-order chi connectivity index (χ1) is 14.7. The van der Waals surface area contributed by atoms with Crippen LogP contribution in [0.4, 0.5) is 0 Å². The summed E-state index contributed by atoms with van der Waals surface area (Å²) in [6.45, 7) is 0. The van der Waals surface area contributed by atoms with Gasteiger partial charge in [0.25, 0.3) is 0 Å². The topological polar surface area (TPSA) is 43.4 Å². The smallest absolute Gasteiger partial charge is 0.305 e. The second-order valence-corrected chi connectivity index (χ2v) is 8.09. The molecular formula is C27H28O3. The average Bonchev–Trinajstić information content (AvgIpc) is 2.78. The summed E-state index contributed by atoms with van der Waals surface area (Å²) >= 11 is 0. The second kappa shape index (κ2) is 9.25. The van der Waals surface area contributed by atoms with Gasteiger partial charge < -0.3 is 4.74 Å². The van der Waals surface area contributed by atoms with Gasteiger partial charge in [-0.25, -0.2) is 0 Å². The van der Waals surface area contributed by atoms with Crippen LogP contribution in [0.15, 0.2) is 54.6 Å². The molecule has 0 spiro atoms. The number of methoxy groups -OCH3 is 1. The van der Waals surface area contributed by atoms with Crippen molar-refractivity contribution in [3.63, 3.8) is 0 Å². The molecular weight excluding hydrogens is 372 g/mol. The highest BCUT2D eigenvalue weighted by atomic mass is 16.5. The number of benzene rings is 4. The highest BCUT2D eigenvalue weighted by Crippen LogP contribution is 2.36. The molecule has 0 aliphatic rings. The van der Waals surface area contributed by atoms with E-state index in [1.54, 1.807) is 0 Å². The first kappa shape index (κ1) is 20.3. The number of esters is 1. The third-order valence-electron chi connectivity index (χ3n) is 6.09. The van der Waals surface area contributed by atoms with Gasteiger partial charge in [0, 0.05) is 18.4 Å². The van der Waals surface area contributed by atoms with Gasteiger partial charge in [-0.15, -0.1) is 0 Å². The van der Waals surface area contributed by atoms with Crippen molar-refractivity contribution in [3.05, 3.63) is 60.2 Å². The molecule has 0 heterocycles. The lowest BCUT2D eigenvalue weighted by Crippen LogP contribution is -2.01. The fraction of sp³-hybridized carbons (Fsp3) is 0.333. The van der Waals surface area contributed by atoms with Crippen molar-refractivity contribution >= 4 is 44.1 Å². The maximum Gasteiger partial charge on any atom is 0.305 e. The van der Waals surface area contributed by atoms with Gasteiger partial charge in [0.1, 0.15) is 0 Å². The molecule has 0 radical (unpaired) electrons. The molecule has 0 unspecified atom stereocenters. The molecule has 30 heavy (non-hydrogen) atoms. The van der Waals surface area contributed by atoms with Gasteiger partial charge in [0.05, 0.1) is 7.11 Å². The number of rotatable bonds is 10. The summed E-state index contributed by atoms with van der Waals surface area (Å²) in [7, 11) is 1.43. The van der Waals surface area contributed by atoms with Crippen LogP contribution in [0.1, 0.15) is 61.7 Å². The molecule has 3 nitrogen and oxygen atoms in total. The highest BCUT2D eigenvalue weighted by molar-refractivity contribution is 6.26. The van der Waals surface area contributed by atoms with E-state index in [0.29, 0.717) is 12.8 Å². The number of unbranched alkanes of at least 4 members (excludes halogenated alkanes) is 5. The third-order valence-corrected chi connectivity index (χ3v) is 6.09. The van der Waals surface area contributed by atoms with Crippen LogP contribution in [0.2, 0.25) is 0 Å². The Balaban J connectivity index is 1.39. The zero-order chi connectivity index (χ0) is 20.9. The summed E-state index contributed by atoms with van der Waals surface area (Å²) in [5.41, 5.74) is 0.846. The van der Waals surface area contributed by atoms with Crippen LogP contribution in [-0.2, 0) is 9.53 Å². The number of carbonyl (C=O) groups is 2. The summed E-state index contributed by atoms with van der Waals surface area (Å²) in [6, 6.07) is 19.0. The van der Waals surface area contributed by atoms with Crippen LogP contribution >= 0.6 is 0 Å². The standard InChI is InChI=1S/C27H28O3/c1-30-25(29)12-7-5-3-2-4-6-11-24(28)22-17-15-21-14-13-19-9-8-10-20-16-18-23(22)27(21)26(19)20/h8-10,13-18H,2-7,11-12H2,1H3. The van der Waals surface area contributed by atoms with Crippen LogP contribution in [0, 0.1) is 0 Å². The maximum absolute atomic E-state index is 13.0. The summed E-state index contributed by atoms with van der Waals surface area (Å²) in [6.07, 6.45) is 7.19. The minimum atomic E-state index is -0.131. The maximum atomic E-state index is 13.0. The van der Waals surface area contributed by atoms with Crippen LogP contribution < -0.4 is 0 Å². The fourth-order valence-corrected chi connectivity index (χ4v) is 4.48. The first-order valence-corrected chi connectivity index (χ1v) is 11.0. The van der Waals surface area contributed by atoms with Crippen molar-refractivity contribution in [1.29, 1.82) is 0 Å². The lowest BCUT2D eigenvalue weighted by molar-refractivity contribution is -0.140. The molecule has 0 aromatic heterocycles. The zero-order valence-electron chi connectivity index (χ0n) is 17.6. The lowest BCUT2D eigenvalue weighted by Gasteiger charge is -2.13. The van der Waals surface area contributed by atoms with Crippen molar-refractivity contribution in [2.45, 2.75) is 51.4 Å².